The highest BCUT2D eigenvalue weighted by molar-refractivity contribution is 7.15. The van der Waals surface area contributed by atoms with Crippen LogP contribution in [0.4, 0.5) is 8.78 Å². The lowest BCUT2D eigenvalue weighted by Crippen LogP contribution is -2.59. The van der Waals surface area contributed by atoms with Crippen LogP contribution >= 0.6 is 11.3 Å². The molecule has 0 saturated carbocycles. The molecule has 5 atom stereocenters. The molecular formula is C33H34F2O9S. The van der Waals surface area contributed by atoms with Gasteiger partial charge in [-0.3, -0.25) is 19.2 Å². The highest BCUT2D eigenvalue weighted by Crippen LogP contribution is 2.39. The Morgan fingerprint density at radius 3 is 2.13 bits per heavy atom. The van der Waals surface area contributed by atoms with Crippen LogP contribution in [0, 0.1) is 6.92 Å². The van der Waals surface area contributed by atoms with E-state index in [0.29, 0.717) is 17.5 Å². The number of hydrogen-bond acceptors (Lipinski definition) is 10. The average Bonchev–Trinajstić information content (AvgIpc) is 3.43. The highest BCUT2D eigenvalue weighted by atomic mass is 32.1. The Kier molecular flexibility index (Phi) is 11.1. The highest BCUT2D eigenvalue weighted by Gasteiger charge is 2.52. The Labute approximate surface area is 263 Å². The molecule has 0 bridgehead atoms. The summed E-state index contributed by atoms with van der Waals surface area (Å²) in [5.74, 6) is -2.70. The molecule has 45 heavy (non-hydrogen) atoms. The second-order valence-electron chi connectivity index (χ2n) is 10.7. The van der Waals surface area contributed by atoms with Crippen molar-refractivity contribution < 1.29 is 51.6 Å². The van der Waals surface area contributed by atoms with E-state index >= 15 is 0 Å². The van der Waals surface area contributed by atoms with E-state index in [9.17, 15) is 28.0 Å². The van der Waals surface area contributed by atoms with Gasteiger partial charge in [-0.25, -0.2) is 8.78 Å². The molecule has 3 aromatic rings. The number of carbonyl (C=O) groups is 4. The Bertz CT molecular complexity index is 1550. The molecule has 1 aliphatic rings. The van der Waals surface area contributed by atoms with Gasteiger partial charge in [0.05, 0.1) is 0 Å². The van der Waals surface area contributed by atoms with Gasteiger partial charge in [0, 0.05) is 49.4 Å². The number of benzene rings is 2. The molecule has 1 fully saturated rings. The van der Waals surface area contributed by atoms with E-state index in [1.807, 2.05) is 31.2 Å². The molecule has 0 aliphatic carbocycles. The SMILES string of the molecule is CC(=O)OC[C@H]1O[C@@H](c2ccc(C)c(Cc3ccc(-c4cccc(C(F)F)c4)s3)c2)[C@H](OC(C)=O)[C@@H](OC(C)=O)[C@@H]1OC(C)=O. The third-order valence-electron chi connectivity index (χ3n) is 7.14. The van der Waals surface area contributed by atoms with Gasteiger partial charge in [-0.05, 0) is 47.4 Å². The number of thiophene rings is 1. The maximum Gasteiger partial charge on any atom is 0.303 e. The van der Waals surface area contributed by atoms with Crippen molar-refractivity contribution in [2.24, 2.45) is 0 Å². The molecule has 0 unspecified atom stereocenters. The van der Waals surface area contributed by atoms with Crippen LogP contribution in [0.5, 0.6) is 0 Å². The van der Waals surface area contributed by atoms with Crippen LogP contribution in [-0.4, -0.2) is 54.9 Å². The first kappa shape index (κ1) is 33.7. The van der Waals surface area contributed by atoms with Crippen LogP contribution < -0.4 is 0 Å². The topological polar surface area (TPSA) is 114 Å². The Hall–Kier alpha value is -4.16. The van der Waals surface area contributed by atoms with Crippen molar-refractivity contribution in [3.05, 3.63) is 81.7 Å². The summed E-state index contributed by atoms with van der Waals surface area (Å²) >= 11 is 1.48. The first-order chi connectivity index (χ1) is 21.3. The summed E-state index contributed by atoms with van der Waals surface area (Å²) in [7, 11) is 0. The fraction of sp³-hybridized carbons (Fsp3) is 0.394. The third-order valence-corrected chi connectivity index (χ3v) is 8.28. The van der Waals surface area contributed by atoms with E-state index in [4.69, 9.17) is 23.7 Å². The Morgan fingerprint density at radius 2 is 1.49 bits per heavy atom. The van der Waals surface area contributed by atoms with Crippen LogP contribution in [0.3, 0.4) is 0 Å². The van der Waals surface area contributed by atoms with Crippen molar-refractivity contribution in [2.45, 2.75) is 78.0 Å². The largest absolute Gasteiger partial charge is 0.463 e. The Balaban J connectivity index is 1.70. The van der Waals surface area contributed by atoms with Gasteiger partial charge in [0.15, 0.2) is 18.3 Å². The molecule has 0 N–H and O–H groups in total. The van der Waals surface area contributed by atoms with E-state index in [-0.39, 0.29) is 12.2 Å². The zero-order chi connectivity index (χ0) is 32.8. The quantitative estimate of drug-likeness (QED) is 0.192. The van der Waals surface area contributed by atoms with E-state index in [1.165, 1.54) is 51.2 Å². The summed E-state index contributed by atoms with van der Waals surface area (Å²) in [6, 6.07) is 15.7. The smallest absolute Gasteiger partial charge is 0.303 e. The van der Waals surface area contributed by atoms with Crippen molar-refractivity contribution in [1.82, 2.24) is 0 Å². The van der Waals surface area contributed by atoms with Gasteiger partial charge in [0.1, 0.15) is 18.8 Å². The predicted octanol–water partition coefficient (Wildman–Crippen LogP) is 6.05. The summed E-state index contributed by atoms with van der Waals surface area (Å²) in [4.78, 5) is 50.0. The van der Waals surface area contributed by atoms with E-state index in [2.05, 4.69) is 0 Å². The normalized spacial score (nSPS) is 21.2. The van der Waals surface area contributed by atoms with Crippen molar-refractivity contribution >= 4 is 35.2 Å². The molecule has 240 valence electrons. The molecule has 0 radical (unpaired) electrons. The van der Waals surface area contributed by atoms with Gasteiger partial charge in [0.2, 0.25) is 0 Å². The van der Waals surface area contributed by atoms with Gasteiger partial charge >= 0.3 is 23.9 Å². The first-order valence-corrected chi connectivity index (χ1v) is 15.0. The lowest BCUT2D eigenvalue weighted by molar-refractivity contribution is -0.254. The van der Waals surface area contributed by atoms with Gasteiger partial charge in [-0.15, -0.1) is 11.3 Å². The number of ether oxygens (including phenoxy) is 5. The minimum atomic E-state index is -2.56. The van der Waals surface area contributed by atoms with Crippen molar-refractivity contribution in [1.29, 1.82) is 0 Å². The summed E-state index contributed by atoms with van der Waals surface area (Å²) in [5, 5.41) is 0. The monoisotopic (exact) mass is 644 g/mol. The average molecular weight is 645 g/mol. The summed E-state index contributed by atoms with van der Waals surface area (Å²) in [5.41, 5.74) is 3.10. The third kappa shape index (κ3) is 8.73. The zero-order valence-electron chi connectivity index (χ0n) is 25.4. The van der Waals surface area contributed by atoms with Crippen LogP contribution in [0.2, 0.25) is 0 Å². The second kappa shape index (κ2) is 14.7. The second-order valence-corrected chi connectivity index (χ2v) is 11.8. The molecule has 9 nitrogen and oxygen atoms in total. The lowest BCUT2D eigenvalue weighted by Gasteiger charge is -2.44. The molecule has 2 aromatic carbocycles. The maximum atomic E-state index is 13.3. The maximum absolute atomic E-state index is 13.3. The zero-order valence-corrected chi connectivity index (χ0v) is 26.2. The van der Waals surface area contributed by atoms with Gasteiger partial charge in [0.25, 0.3) is 6.43 Å². The Morgan fingerprint density at radius 1 is 0.822 bits per heavy atom. The van der Waals surface area contributed by atoms with Crippen LogP contribution in [0.1, 0.15) is 67.4 Å². The van der Waals surface area contributed by atoms with Crippen molar-refractivity contribution in [2.75, 3.05) is 6.61 Å². The van der Waals surface area contributed by atoms with E-state index < -0.39 is 60.8 Å². The first-order valence-electron chi connectivity index (χ1n) is 14.2. The minimum absolute atomic E-state index is 0.0455. The molecule has 0 amide bonds. The standard InChI is InChI=1S/C33H34F2O9S/c1-17-9-10-23(14-25(17)15-26-11-12-28(45-26)22-7-6-8-24(13-22)33(34)35)29-31(42-20(4)38)32(43-21(5)39)30(41-19(3)37)27(44-29)16-40-18(2)36/h6-14,27,29-33H,15-16H2,1-5H3/t27-,29+,30-,31+,32+/m1/s1. The number of hydrogen-bond donors (Lipinski definition) is 0. The molecular weight excluding hydrogens is 610 g/mol. The molecule has 1 saturated heterocycles. The van der Waals surface area contributed by atoms with Crippen LogP contribution in [-0.2, 0) is 49.3 Å². The number of aryl methyl sites for hydroxylation is 1. The summed E-state index contributed by atoms with van der Waals surface area (Å²) in [6.07, 6.45) is -7.85. The number of alkyl halides is 2. The van der Waals surface area contributed by atoms with Crippen molar-refractivity contribution in [3.8, 4) is 10.4 Å². The molecule has 1 aliphatic heterocycles. The number of esters is 4. The molecule has 2 heterocycles. The van der Waals surface area contributed by atoms with Crippen molar-refractivity contribution in [3.63, 3.8) is 0 Å². The predicted molar refractivity (Wildman–Crippen MR) is 160 cm³/mol. The number of rotatable bonds is 10. The summed E-state index contributed by atoms with van der Waals surface area (Å²) in [6.45, 7) is 6.36. The minimum Gasteiger partial charge on any atom is -0.463 e. The fourth-order valence-electron chi connectivity index (χ4n) is 5.20. The van der Waals surface area contributed by atoms with Gasteiger partial charge < -0.3 is 23.7 Å². The van der Waals surface area contributed by atoms with Gasteiger partial charge in [-0.2, -0.15) is 0 Å². The molecule has 4 rings (SSSR count). The lowest BCUT2D eigenvalue weighted by atomic mass is 9.88. The summed E-state index contributed by atoms with van der Waals surface area (Å²) < 4.78 is 54.7. The number of halogens is 2. The molecule has 12 heteroatoms. The van der Waals surface area contributed by atoms with Gasteiger partial charge in [-0.1, -0.05) is 36.4 Å². The van der Waals surface area contributed by atoms with E-state index in [0.717, 1.165) is 20.9 Å². The molecule has 1 aromatic heterocycles. The molecule has 0 spiro atoms. The fourth-order valence-corrected chi connectivity index (χ4v) is 6.23. The van der Waals surface area contributed by atoms with Crippen LogP contribution in [0.25, 0.3) is 10.4 Å². The van der Waals surface area contributed by atoms with Crippen LogP contribution in [0.15, 0.2) is 54.6 Å². The van der Waals surface area contributed by atoms with E-state index in [1.54, 1.807) is 18.2 Å². The number of carbonyl (C=O) groups excluding carboxylic acids is 4.